The summed E-state index contributed by atoms with van der Waals surface area (Å²) in [4.78, 5) is 0. The summed E-state index contributed by atoms with van der Waals surface area (Å²) in [6.45, 7) is 1.91. The van der Waals surface area contributed by atoms with Crippen LogP contribution in [-0.2, 0) is 0 Å². The van der Waals surface area contributed by atoms with Crippen molar-refractivity contribution in [1.82, 2.24) is 0 Å². The first-order chi connectivity index (χ1) is 4.52. The van der Waals surface area contributed by atoms with Gasteiger partial charge >= 0.3 is 0 Å². The third kappa shape index (κ3) is 1.75. The Bertz CT molecular complexity index is 226. The van der Waals surface area contributed by atoms with Crippen molar-refractivity contribution < 1.29 is 0 Å². The lowest BCUT2D eigenvalue weighted by atomic mass is 10.4. The number of hydrogen-bond acceptors (Lipinski definition) is 1. The van der Waals surface area contributed by atoms with Crippen molar-refractivity contribution >= 4 is 44.7 Å². The summed E-state index contributed by atoms with van der Waals surface area (Å²) >= 11 is 13.7. The summed E-state index contributed by atoms with van der Waals surface area (Å²) in [5.74, 6) is 0. The summed E-state index contributed by atoms with van der Waals surface area (Å²) in [6.07, 6.45) is 0. The predicted octanol–water partition coefficient (Wildman–Crippen LogP) is 2.81. The zero-order valence-corrected chi connectivity index (χ0v) is 9.15. The van der Waals surface area contributed by atoms with Gasteiger partial charge in [-0.3, -0.25) is 0 Å². The van der Waals surface area contributed by atoms with Gasteiger partial charge in [0.2, 0.25) is 0 Å². The van der Waals surface area contributed by atoms with Crippen LogP contribution in [0.4, 0.5) is 0 Å². The first kappa shape index (κ1) is 8.59. The summed E-state index contributed by atoms with van der Waals surface area (Å²) in [5, 5.41) is 2.03. The third-order valence-electron chi connectivity index (χ3n) is 1.26. The quantitative estimate of drug-likeness (QED) is 0.495. The van der Waals surface area contributed by atoms with Crippen LogP contribution in [0.25, 0.3) is 0 Å². The van der Waals surface area contributed by atoms with Crippen LogP contribution < -0.4 is 4.50 Å². The molecular formula is C6H8Cl2SSi. The maximum Gasteiger partial charge on any atom is 0.287 e. The Labute approximate surface area is 75.2 Å². The van der Waals surface area contributed by atoms with Crippen molar-refractivity contribution in [3.05, 3.63) is 17.0 Å². The maximum atomic E-state index is 6.02. The molecule has 0 fully saturated rings. The molecular weight excluding hydrogens is 203 g/mol. The number of hydrogen-bond donors (Lipinski definition) is 0. The van der Waals surface area contributed by atoms with Gasteiger partial charge in [-0.15, -0.1) is 22.2 Å². The molecule has 0 spiro atoms. The van der Waals surface area contributed by atoms with Crippen molar-refractivity contribution in [2.45, 2.75) is 13.5 Å². The van der Waals surface area contributed by atoms with Gasteiger partial charge in [0, 0.05) is 4.50 Å². The molecule has 56 valence electrons. The normalized spacial score (nSPS) is 12.0. The van der Waals surface area contributed by atoms with E-state index in [-0.39, 0.29) is 0 Å². The molecule has 4 heteroatoms. The minimum Gasteiger partial charge on any atom is -0.150 e. The molecule has 10 heavy (non-hydrogen) atoms. The fourth-order valence-electron chi connectivity index (χ4n) is 0.822. The molecule has 0 atom stereocenters. The molecule has 0 aromatic carbocycles. The summed E-state index contributed by atoms with van der Waals surface area (Å²) < 4.78 is 1.18. The van der Waals surface area contributed by atoms with Crippen molar-refractivity contribution in [2.24, 2.45) is 0 Å². The standard InChI is InChI=1S/C6H8Cl2SSi/c1-5-3-4-9-6(5)10(2,7)8/h3-4H,1-2H3. The zero-order valence-electron chi connectivity index (χ0n) is 5.82. The molecule has 0 saturated heterocycles. The molecule has 0 bridgehead atoms. The first-order valence-corrected chi connectivity index (χ1v) is 8.34. The molecule has 0 nitrogen and oxygen atoms in total. The lowest BCUT2D eigenvalue weighted by molar-refractivity contribution is 1.58. The fourth-order valence-corrected chi connectivity index (χ4v) is 4.99. The van der Waals surface area contributed by atoms with Crippen molar-refractivity contribution in [2.75, 3.05) is 0 Å². The second kappa shape index (κ2) is 2.86. The molecule has 1 heterocycles. The average Bonchev–Trinajstić information content (AvgIpc) is 2.11. The Balaban J connectivity index is 3.05. The van der Waals surface area contributed by atoms with Crippen LogP contribution in [0.2, 0.25) is 6.55 Å². The van der Waals surface area contributed by atoms with Crippen molar-refractivity contribution in [3.8, 4) is 0 Å². The Morgan fingerprint density at radius 3 is 2.30 bits per heavy atom. The topological polar surface area (TPSA) is 0 Å². The van der Waals surface area contributed by atoms with Gasteiger partial charge in [-0.1, -0.05) is 0 Å². The molecule has 0 aliphatic heterocycles. The number of thiophene rings is 1. The molecule has 0 aliphatic carbocycles. The van der Waals surface area contributed by atoms with E-state index in [1.54, 1.807) is 11.3 Å². The van der Waals surface area contributed by atoms with Gasteiger partial charge < -0.3 is 0 Å². The van der Waals surface area contributed by atoms with E-state index in [0.717, 1.165) is 0 Å². The van der Waals surface area contributed by atoms with E-state index >= 15 is 0 Å². The fraction of sp³-hybridized carbons (Fsp3) is 0.333. The van der Waals surface area contributed by atoms with Gasteiger partial charge in [0.05, 0.1) is 0 Å². The molecule has 1 aromatic heterocycles. The molecule has 0 saturated carbocycles. The van der Waals surface area contributed by atoms with E-state index in [1.807, 2.05) is 18.9 Å². The van der Waals surface area contributed by atoms with Crippen LogP contribution in [-0.4, -0.2) is 6.69 Å². The van der Waals surface area contributed by atoms with Crippen LogP contribution in [0.1, 0.15) is 5.56 Å². The second-order valence-electron chi connectivity index (χ2n) is 2.32. The highest BCUT2D eigenvalue weighted by atomic mass is 35.7. The lowest BCUT2D eigenvalue weighted by Crippen LogP contribution is -2.31. The monoisotopic (exact) mass is 210 g/mol. The van der Waals surface area contributed by atoms with Crippen LogP contribution in [0.15, 0.2) is 11.4 Å². The smallest absolute Gasteiger partial charge is 0.150 e. The number of rotatable bonds is 1. The van der Waals surface area contributed by atoms with Crippen LogP contribution >= 0.6 is 33.5 Å². The number of halogens is 2. The van der Waals surface area contributed by atoms with Gasteiger partial charge in [0.15, 0.2) is 0 Å². The second-order valence-corrected chi connectivity index (χ2v) is 11.0. The summed E-state index contributed by atoms with van der Waals surface area (Å²) in [6, 6.07) is 2.05. The Hall–Kier alpha value is 0.497. The Morgan fingerprint density at radius 1 is 1.50 bits per heavy atom. The van der Waals surface area contributed by atoms with E-state index in [0.29, 0.717) is 0 Å². The van der Waals surface area contributed by atoms with Gasteiger partial charge in [0.25, 0.3) is 6.69 Å². The highest BCUT2D eigenvalue weighted by molar-refractivity contribution is 7.56. The third-order valence-corrected chi connectivity index (χ3v) is 6.67. The lowest BCUT2D eigenvalue weighted by Gasteiger charge is -2.07. The van der Waals surface area contributed by atoms with E-state index in [9.17, 15) is 0 Å². The summed E-state index contributed by atoms with van der Waals surface area (Å²) in [5.41, 5.74) is 1.23. The van der Waals surface area contributed by atoms with E-state index < -0.39 is 6.69 Å². The molecule has 1 rings (SSSR count). The van der Waals surface area contributed by atoms with Crippen LogP contribution in [0.3, 0.4) is 0 Å². The Kier molecular flexibility index (Phi) is 2.45. The minimum absolute atomic E-state index is 1.18. The molecule has 1 aromatic rings. The SMILES string of the molecule is Cc1ccsc1[Si](C)(Cl)Cl. The molecule has 0 unspecified atom stereocenters. The largest absolute Gasteiger partial charge is 0.287 e. The van der Waals surface area contributed by atoms with Crippen molar-refractivity contribution in [1.29, 1.82) is 0 Å². The zero-order chi connectivity index (χ0) is 7.78. The average molecular weight is 211 g/mol. The van der Waals surface area contributed by atoms with E-state index in [2.05, 4.69) is 6.07 Å². The highest BCUT2D eigenvalue weighted by Gasteiger charge is 2.26. The van der Waals surface area contributed by atoms with Gasteiger partial charge in [0.1, 0.15) is 0 Å². The Morgan fingerprint density at radius 2 is 2.10 bits per heavy atom. The van der Waals surface area contributed by atoms with Gasteiger partial charge in [-0.25, -0.2) is 0 Å². The predicted molar refractivity (Wildman–Crippen MR) is 52.0 cm³/mol. The minimum atomic E-state index is -2.06. The maximum absolute atomic E-state index is 6.02. The molecule has 0 radical (unpaired) electrons. The van der Waals surface area contributed by atoms with Crippen LogP contribution in [0.5, 0.6) is 0 Å². The first-order valence-electron chi connectivity index (χ1n) is 2.94. The highest BCUT2D eigenvalue weighted by Crippen LogP contribution is 2.19. The number of aryl methyl sites for hydroxylation is 1. The molecule has 0 N–H and O–H groups in total. The van der Waals surface area contributed by atoms with Crippen molar-refractivity contribution in [3.63, 3.8) is 0 Å². The van der Waals surface area contributed by atoms with Gasteiger partial charge in [-0.05, 0) is 30.5 Å². The molecule has 0 aliphatic rings. The van der Waals surface area contributed by atoms with E-state index in [4.69, 9.17) is 22.2 Å². The summed E-state index contributed by atoms with van der Waals surface area (Å²) in [7, 11) is 0. The van der Waals surface area contributed by atoms with Crippen LogP contribution in [0, 0.1) is 6.92 Å². The van der Waals surface area contributed by atoms with E-state index in [1.165, 1.54) is 10.1 Å². The van der Waals surface area contributed by atoms with Gasteiger partial charge in [-0.2, -0.15) is 11.3 Å². The molecule has 0 amide bonds.